The normalized spacial score (nSPS) is 14.0. The number of unbranched alkanes of at least 4 members (excludes halogenated alkanes) is 15. The summed E-state index contributed by atoms with van der Waals surface area (Å²) in [6, 6.07) is 0. The van der Waals surface area contributed by atoms with Crippen LogP contribution in [-0.4, -0.2) is 58.6 Å². The number of nitrogens with zero attached hydrogens (tertiary/aromatic N) is 1. The van der Waals surface area contributed by atoms with Crippen molar-refractivity contribution in [3.8, 4) is 0 Å². The third-order valence-corrected chi connectivity index (χ3v) is 6.63. The molecule has 0 aliphatic carbocycles. The van der Waals surface area contributed by atoms with Gasteiger partial charge in [0.1, 0.15) is 13.2 Å². The molecule has 0 aliphatic rings. The van der Waals surface area contributed by atoms with Crippen molar-refractivity contribution in [2.75, 3.05) is 54.1 Å². The Bertz CT molecular complexity index is 443. The van der Waals surface area contributed by atoms with Gasteiger partial charge in [0.2, 0.25) is 0 Å². The van der Waals surface area contributed by atoms with Crippen molar-refractivity contribution in [3.05, 3.63) is 0 Å². The molecule has 7 heteroatoms. The van der Waals surface area contributed by atoms with E-state index in [1.807, 2.05) is 21.1 Å². The molecule has 0 fully saturated rings. The second-order valence-corrected chi connectivity index (χ2v) is 11.5. The van der Waals surface area contributed by atoms with Crippen molar-refractivity contribution in [2.45, 2.75) is 110 Å². The second-order valence-electron chi connectivity index (χ2n) is 10.0. The van der Waals surface area contributed by atoms with Gasteiger partial charge in [-0.15, -0.1) is 0 Å². The average Bonchev–Trinajstić information content (AvgIpc) is 2.71. The Kier molecular flexibility index (Phi) is 21.6. The molecule has 6 nitrogen and oxygen atoms in total. The zero-order chi connectivity index (χ0) is 24.0. The standard InChI is InChI=1S/C25H54NO5P/c1-5-6-7-8-9-10-11-12-13-14-15-16-17-18-19-20-22-29-24-25-31-32(27,28)30-23-21-26(2,3)4/h5-25H2,1-4H3. The Morgan fingerprint density at radius 3 is 1.44 bits per heavy atom. The monoisotopic (exact) mass is 479 g/mol. The van der Waals surface area contributed by atoms with Crippen LogP contribution < -0.4 is 4.89 Å². The SMILES string of the molecule is CCCCCCCCCCCCCCCCCCOCCOP(=O)([O-])OCC[N+](C)(C)C. The van der Waals surface area contributed by atoms with E-state index < -0.39 is 7.82 Å². The largest absolute Gasteiger partial charge is 0.756 e. The fourth-order valence-corrected chi connectivity index (χ4v) is 4.20. The Labute approximate surface area is 199 Å². The molecule has 0 bridgehead atoms. The molecule has 0 saturated heterocycles. The Hall–Kier alpha value is 0.0300. The van der Waals surface area contributed by atoms with Gasteiger partial charge in [0.05, 0.1) is 34.4 Å². The summed E-state index contributed by atoms with van der Waals surface area (Å²) in [5.74, 6) is 0. The third-order valence-electron chi connectivity index (χ3n) is 5.63. The Balaban J connectivity index is 3.24. The van der Waals surface area contributed by atoms with Crippen LogP contribution in [0.25, 0.3) is 0 Å². The van der Waals surface area contributed by atoms with Crippen LogP contribution in [0.1, 0.15) is 110 Å². The van der Waals surface area contributed by atoms with Crippen LogP contribution in [0.2, 0.25) is 0 Å². The van der Waals surface area contributed by atoms with Crippen LogP contribution in [0.15, 0.2) is 0 Å². The van der Waals surface area contributed by atoms with Crippen molar-refractivity contribution in [2.24, 2.45) is 0 Å². The fraction of sp³-hybridized carbons (Fsp3) is 1.00. The van der Waals surface area contributed by atoms with Crippen molar-refractivity contribution in [1.82, 2.24) is 0 Å². The predicted molar refractivity (Wildman–Crippen MR) is 133 cm³/mol. The first-order valence-corrected chi connectivity index (χ1v) is 14.7. The number of hydrogen-bond acceptors (Lipinski definition) is 5. The summed E-state index contributed by atoms with van der Waals surface area (Å²) in [6.07, 6.45) is 21.6. The lowest BCUT2D eigenvalue weighted by Gasteiger charge is -2.27. The number of rotatable bonds is 25. The molecule has 0 rings (SSSR count). The number of ether oxygens (including phenoxy) is 1. The van der Waals surface area contributed by atoms with Gasteiger partial charge in [0.25, 0.3) is 7.82 Å². The molecule has 0 N–H and O–H groups in total. The summed E-state index contributed by atoms with van der Waals surface area (Å²) >= 11 is 0. The summed E-state index contributed by atoms with van der Waals surface area (Å²) in [6.45, 7) is 3.97. The molecule has 0 radical (unpaired) electrons. The molecule has 1 atom stereocenters. The highest BCUT2D eigenvalue weighted by atomic mass is 31.2. The van der Waals surface area contributed by atoms with Crippen molar-refractivity contribution in [1.29, 1.82) is 0 Å². The maximum atomic E-state index is 11.6. The molecule has 0 heterocycles. The number of hydrogen-bond donors (Lipinski definition) is 0. The molecule has 194 valence electrons. The van der Waals surface area contributed by atoms with Crippen LogP contribution in [0.4, 0.5) is 0 Å². The molecule has 0 aromatic heterocycles. The molecule has 1 unspecified atom stereocenters. The first-order valence-electron chi connectivity index (χ1n) is 13.2. The molecular formula is C25H54NO5P. The van der Waals surface area contributed by atoms with Crippen LogP contribution >= 0.6 is 7.82 Å². The summed E-state index contributed by atoms with van der Waals surface area (Å²) in [7, 11) is 1.72. The number of quaternary nitrogens is 1. The molecule has 0 amide bonds. The minimum absolute atomic E-state index is 0.0179. The van der Waals surface area contributed by atoms with E-state index in [1.54, 1.807) is 0 Å². The molecule has 0 aromatic carbocycles. The molecule has 0 aromatic rings. The van der Waals surface area contributed by atoms with Gasteiger partial charge in [-0.25, -0.2) is 0 Å². The quantitative estimate of drug-likeness (QED) is 0.0852. The fourth-order valence-electron chi connectivity index (χ4n) is 3.53. The third kappa shape index (κ3) is 26.3. The van der Waals surface area contributed by atoms with E-state index in [2.05, 4.69) is 6.92 Å². The molecule has 0 saturated carbocycles. The summed E-state index contributed by atoms with van der Waals surface area (Å²) in [5.41, 5.74) is 0. The van der Waals surface area contributed by atoms with E-state index in [4.69, 9.17) is 13.8 Å². The molecular weight excluding hydrogens is 425 g/mol. The molecule has 0 spiro atoms. The van der Waals surface area contributed by atoms with Gasteiger partial charge < -0.3 is 23.2 Å². The van der Waals surface area contributed by atoms with Gasteiger partial charge in [-0.2, -0.15) is 0 Å². The van der Waals surface area contributed by atoms with Gasteiger partial charge in [0, 0.05) is 6.61 Å². The van der Waals surface area contributed by atoms with Gasteiger partial charge in [-0.3, -0.25) is 4.57 Å². The minimum Gasteiger partial charge on any atom is -0.756 e. The van der Waals surface area contributed by atoms with E-state index in [1.165, 1.54) is 96.3 Å². The van der Waals surface area contributed by atoms with E-state index in [0.29, 0.717) is 17.6 Å². The lowest BCUT2D eigenvalue weighted by atomic mass is 10.0. The highest BCUT2D eigenvalue weighted by molar-refractivity contribution is 7.45. The maximum absolute atomic E-state index is 11.6. The lowest BCUT2D eigenvalue weighted by Crippen LogP contribution is -2.37. The van der Waals surface area contributed by atoms with Crippen LogP contribution in [0, 0.1) is 0 Å². The van der Waals surface area contributed by atoms with Crippen molar-refractivity contribution in [3.63, 3.8) is 0 Å². The summed E-state index contributed by atoms with van der Waals surface area (Å²) in [5, 5.41) is 0. The van der Waals surface area contributed by atoms with E-state index >= 15 is 0 Å². The number of phosphoric ester groups is 1. The average molecular weight is 480 g/mol. The predicted octanol–water partition coefficient (Wildman–Crippen LogP) is 6.47. The van der Waals surface area contributed by atoms with E-state index in [0.717, 1.165) is 6.42 Å². The first kappa shape index (κ1) is 32.0. The summed E-state index contributed by atoms with van der Waals surface area (Å²) in [4.78, 5) is 11.6. The first-order chi connectivity index (χ1) is 15.3. The highest BCUT2D eigenvalue weighted by Gasteiger charge is 2.13. The Morgan fingerprint density at radius 2 is 1.00 bits per heavy atom. The van der Waals surface area contributed by atoms with Gasteiger partial charge >= 0.3 is 0 Å². The topological polar surface area (TPSA) is 67.8 Å². The minimum atomic E-state index is -4.21. The Morgan fingerprint density at radius 1 is 0.594 bits per heavy atom. The zero-order valence-electron chi connectivity index (χ0n) is 21.8. The maximum Gasteiger partial charge on any atom is 0.268 e. The van der Waals surface area contributed by atoms with Gasteiger partial charge in [-0.05, 0) is 6.42 Å². The van der Waals surface area contributed by atoms with Crippen molar-refractivity contribution >= 4 is 7.82 Å². The molecule has 0 aliphatic heterocycles. The number of phosphoric acid groups is 1. The second kappa shape index (κ2) is 21.6. The summed E-state index contributed by atoms with van der Waals surface area (Å²) < 4.78 is 27.4. The smallest absolute Gasteiger partial charge is 0.268 e. The van der Waals surface area contributed by atoms with Crippen LogP contribution in [0.3, 0.4) is 0 Å². The van der Waals surface area contributed by atoms with E-state index in [-0.39, 0.29) is 19.8 Å². The molecule has 32 heavy (non-hydrogen) atoms. The van der Waals surface area contributed by atoms with E-state index in [9.17, 15) is 9.46 Å². The van der Waals surface area contributed by atoms with Gasteiger partial charge in [0.15, 0.2) is 0 Å². The lowest BCUT2D eigenvalue weighted by molar-refractivity contribution is -0.870. The van der Waals surface area contributed by atoms with Crippen LogP contribution in [-0.2, 0) is 18.3 Å². The zero-order valence-corrected chi connectivity index (χ0v) is 22.7. The highest BCUT2D eigenvalue weighted by Crippen LogP contribution is 2.37. The number of likely N-dealkylation sites (N-methyl/N-ethyl adjacent to an activating group) is 1. The van der Waals surface area contributed by atoms with Gasteiger partial charge in [-0.1, -0.05) is 103 Å². The van der Waals surface area contributed by atoms with Crippen molar-refractivity contribution < 1.29 is 27.7 Å². The van der Waals surface area contributed by atoms with Crippen LogP contribution in [0.5, 0.6) is 0 Å².